The molecule has 1 aliphatic heterocycles. The third-order valence-corrected chi connectivity index (χ3v) is 6.00. The minimum atomic E-state index is -0.00657. The number of aryl methyl sites for hydroxylation is 1. The zero-order valence-corrected chi connectivity index (χ0v) is 18.2. The molecule has 160 valence electrons. The van der Waals surface area contributed by atoms with Crippen LogP contribution in [0.5, 0.6) is 0 Å². The molecule has 4 rings (SSSR count). The molecule has 0 aliphatic carbocycles. The molecule has 2 amide bonds. The molecule has 0 saturated carbocycles. The van der Waals surface area contributed by atoms with E-state index in [1.165, 1.54) is 5.56 Å². The highest BCUT2D eigenvalue weighted by Crippen LogP contribution is 2.27. The SMILES string of the molecule is CCCNC(=O)C1CCN(C(=O)c2cc(-c3ccc(C)cc3)nc3ccccc23)CC1. The lowest BCUT2D eigenvalue weighted by atomic mass is 9.94. The summed E-state index contributed by atoms with van der Waals surface area (Å²) in [7, 11) is 0. The molecule has 5 heteroatoms. The van der Waals surface area contributed by atoms with E-state index < -0.39 is 0 Å². The van der Waals surface area contributed by atoms with E-state index in [0.717, 1.165) is 28.6 Å². The molecule has 0 spiro atoms. The first-order valence-corrected chi connectivity index (χ1v) is 11.1. The van der Waals surface area contributed by atoms with Gasteiger partial charge in [-0.1, -0.05) is 55.0 Å². The summed E-state index contributed by atoms with van der Waals surface area (Å²) in [6.07, 6.45) is 2.34. The maximum absolute atomic E-state index is 13.5. The van der Waals surface area contributed by atoms with Crippen LogP contribution in [-0.4, -0.2) is 41.3 Å². The summed E-state index contributed by atoms with van der Waals surface area (Å²) in [6.45, 7) is 6.01. The number of fused-ring (bicyclic) bond motifs is 1. The van der Waals surface area contributed by atoms with E-state index in [1.54, 1.807) is 0 Å². The number of likely N-dealkylation sites (tertiary alicyclic amines) is 1. The molecule has 0 atom stereocenters. The summed E-state index contributed by atoms with van der Waals surface area (Å²) < 4.78 is 0. The fourth-order valence-corrected chi connectivity index (χ4v) is 4.13. The van der Waals surface area contributed by atoms with E-state index in [-0.39, 0.29) is 17.7 Å². The number of hydrogen-bond donors (Lipinski definition) is 1. The number of para-hydroxylation sites is 1. The van der Waals surface area contributed by atoms with Gasteiger partial charge in [0.25, 0.3) is 5.91 Å². The topological polar surface area (TPSA) is 62.3 Å². The third-order valence-electron chi connectivity index (χ3n) is 6.00. The van der Waals surface area contributed by atoms with Gasteiger partial charge >= 0.3 is 0 Å². The Morgan fingerprint density at radius 1 is 1.06 bits per heavy atom. The summed E-state index contributed by atoms with van der Waals surface area (Å²) in [4.78, 5) is 32.5. The number of pyridine rings is 1. The summed E-state index contributed by atoms with van der Waals surface area (Å²) in [5.41, 5.74) is 4.48. The molecule has 0 unspecified atom stereocenters. The van der Waals surface area contributed by atoms with E-state index in [9.17, 15) is 9.59 Å². The van der Waals surface area contributed by atoms with Crippen molar-refractivity contribution in [1.82, 2.24) is 15.2 Å². The quantitative estimate of drug-likeness (QED) is 0.663. The van der Waals surface area contributed by atoms with E-state index in [1.807, 2.05) is 54.3 Å². The van der Waals surface area contributed by atoms with Gasteiger partial charge < -0.3 is 10.2 Å². The molecule has 1 saturated heterocycles. The van der Waals surface area contributed by atoms with Crippen molar-refractivity contribution in [3.8, 4) is 11.3 Å². The Hall–Kier alpha value is -3.21. The summed E-state index contributed by atoms with van der Waals surface area (Å²) in [5, 5.41) is 3.85. The number of carbonyl (C=O) groups excluding carboxylic acids is 2. The first-order valence-electron chi connectivity index (χ1n) is 11.1. The highest BCUT2D eigenvalue weighted by molar-refractivity contribution is 6.07. The maximum Gasteiger partial charge on any atom is 0.254 e. The fraction of sp³-hybridized carbons (Fsp3) is 0.346. The standard InChI is InChI=1S/C26H29N3O2/c1-3-14-27-25(30)20-12-15-29(16-13-20)26(31)22-17-24(19-10-8-18(2)9-11-19)28-23-7-5-4-6-21(22)23/h4-11,17,20H,3,12-16H2,1-2H3,(H,27,30). The van der Waals surface area contributed by atoms with Crippen LogP contribution in [0.2, 0.25) is 0 Å². The van der Waals surface area contributed by atoms with Gasteiger partial charge in [0.2, 0.25) is 5.91 Å². The Bertz CT molecular complexity index is 1080. The van der Waals surface area contributed by atoms with Gasteiger partial charge in [0, 0.05) is 36.5 Å². The Labute approximate surface area is 183 Å². The second-order valence-corrected chi connectivity index (χ2v) is 8.30. The average Bonchev–Trinajstić information content (AvgIpc) is 2.82. The molecule has 1 fully saturated rings. The zero-order valence-electron chi connectivity index (χ0n) is 18.2. The highest BCUT2D eigenvalue weighted by Gasteiger charge is 2.28. The molecule has 2 heterocycles. The number of hydrogen-bond acceptors (Lipinski definition) is 3. The summed E-state index contributed by atoms with van der Waals surface area (Å²) in [5.74, 6) is 0.122. The minimum Gasteiger partial charge on any atom is -0.356 e. The molecule has 0 radical (unpaired) electrons. The third kappa shape index (κ3) is 4.61. The van der Waals surface area contributed by atoms with Gasteiger partial charge in [0.1, 0.15) is 0 Å². The Kier molecular flexibility index (Phi) is 6.31. The number of aromatic nitrogens is 1. The van der Waals surface area contributed by atoms with Crippen LogP contribution in [0.4, 0.5) is 0 Å². The maximum atomic E-state index is 13.5. The summed E-state index contributed by atoms with van der Waals surface area (Å²) >= 11 is 0. The van der Waals surface area contributed by atoms with E-state index in [0.29, 0.717) is 38.0 Å². The van der Waals surface area contributed by atoms with Crippen molar-refractivity contribution >= 4 is 22.7 Å². The lowest BCUT2D eigenvalue weighted by Crippen LogP contribution is -2.43. The lowest BCUT2D eigenvalue weighted by molar-refractivity contribution is -0.126. The molecule has 1 aromatic heterocycles. The molecule has 3 aromatic rings. The van der Waals surface area contributed by atoms with Crippen LogP contribution in [0.15, 0.2) is 54.6 Å². The molecule has 1 aliphatic rings. The van der Waals surface area contributed by atoms with Gasteiger partial charge in [-0.05, 0) is 38.3 Å². The van der Waals surface area contributed by atoms with Crippen molar-refractivity contribution in [2.75, 3.05) is 19.6 Å². The molecular weight excluding hydrogens is 386 g/mol. The summed E-state index contributed by atoms with van der Waals surface area (Å²) in [6, 6.07) is 17.9. The molecular formula is C26H29N3O2. The first kappa shape index (κ1) is 21.0. The van der Waals surface area contributed by atoms with Crippen LogP contribution >= 0.6 is 0 Å². The van der Waals surface area contributed by atoms with E-state index >= 15 is 0 Å². The van der Waals surface area contributed by atoms with Gasteiger partial charge in [-0.15, -0.1) is 0 Å². The van der Waals surface area contributed by atoms with Gasteiger partial charge in [-0.3, -0.25) is 9.59 Å². The number of rotatable bonds is 5. The predicted octanol–water partition coefficient (Wildman–Crippen LogP) is 4.59. The zero-order chi connectivity index (χ0) is 21.8. The molecule has 1 N–H and O–H groups in total. The van der Waals surface area contributed by atoms with Crippen LogP contribution in [0.25, 0.3) is 22.2 Å². The normalized spacial score (nSPS) is 14.6. The second kappa shape index (κ2) is 9.29. The highest BCUT2D eigenvalue weighted by atomic mass is 16.2. The van der Waals surface area contributed by atoms with Gasteiger partial charge in [-0.25, -0.2) is 4.98 Å². The number of piperidine rings is 1. The first-order chi connectivity index (χ1) is 15.1. The monoisotopic (exact) mass is 415 g/mol. The van der Waals surface area contributed by atoms with Crippen LogP contribution in [0, 0.1) is 12.8 Å². The van der Waals surface area contributed by atoms with Gasteiger partial charge in [-0.2, -0.15) is 0 Å². The molecule has 5 nitrogen and oxygen atoms in total. The molecule has 2 aromatic carbocycles. The Balaban J connectivity index is 1.59. The Morgan fingerprint density at radius 2 is 1.77 bits per heavy atom. The van der Waals surface area contributed by atoms with Crippen molar-refractivity contribution < 1.29 is 9.59 Å². The van der Waals surface area contributed by atoms with Crippen LogP contribution < -0.4 is 5.32 Å². The molecule has 31 heavy (non-hydrogen) atoms. The van der Waals surface area contributed by atoms with Crippen molar-refractivity contribution in [2.24, 2.45) is 5.92 Å². The molecule has 0 bridgehead atoms. The average molecular weight is 416 g/mol. The van der Waals surface area contributed by atoms with Crippen molar-refractivity contribution in [2.45, 2.75) is 33.1 Å². The van der Waals surface area contributed by atoms with Crippen LogP contribution in [-0.2, 0) is 4.79 Å². The second-order valence-electron chi connectivity index (χ2n) is 8.30. The van der Waals surface area contributed by atoms with E-state index in [2.05, 4.69) is 24.4 Å². The van der Waals surface area contributed by atoms with Crippen molar-refractivity contribution in [1.29, 1.82) is 0 Å². The van der Waals surface area contributed by atoms with Gasteiger partial charge in [0.15, 0.2) is 0 Å². The number of carbonyl (C=O) groups is 2. The number of amides is 2. The van der Waals surface area contributed by atoms with Crippen molar-refractivity contribution in [3.63, 3.8) is 0 Å². The Morgan fingerprint density at radius 3 is 2.48 bits per heavy atom. The fourth-order valence-electron chi connectivity index (χ4n) is 4.13. The number of nitrogens with one attached hydrogen (secondary N) is 1. The smallest absolute Gasteiger partial charge is 0.254 e. The van der Waals surface area contributed by atoms with E-state index in [4.69, 9.17) is 4.98 Å². The van der Waals surface area contributed by atoms with Crippen LogP contribution in [0.3, 0.4) is 0 Å². The van der Waals surface area contributed by atoms with Gasteiger partial charge in [0.05, 0.1) is 16.8 Å². The van der Waals surface area contributed by atoms with Crippen LogP contribution in [0.1, 0.15) is 42.1 Å². The number of nitrogens with zero attached hydrogens (tertiary/aromatic N) is 2. The lowest BCUT2D eigenvalue weighted by Gasteiger charge is -2.31. The minimum absolute atomic E-state index is 0.00657. The predicted molar refractivity (Wildman–Crippen MR) is 124 cm³/mol. The largest absolute Gasteiger partial charge is 0.356 e. The van der Waals surface area contributed by atoms with Crippen molar-refractivity contribution in [3.05, 3.63) is 65.7 Å². The number of benzene rings is 2.